The van der Waals surface area contributed by atoms with Crippen molar-refractivity contribution in [2.75, 3.05) is 19.7 Å². The number of hydrogen-bond donors (Lipinski definition) is 10. The lowest BCUT2D eigenvalue weighted by atomic mass is 9.92. The van der Waals surface area contributed by atoms with Crippen LogP contribution in [0.4, 0.5) is 0 Å². The van der Waals surface area contributed by atoms with Crippen molar-refractivity contribution in [3.05, 3.63) is 0 Å². The lowest BCUT2D eigenvalue weighted by molar-refractivity contribution is -0.101. The minimum Gasteiger partial charge on any atom is -0.394 e. The zero-order valence-electron chi connectivity index (χ0n) is 17.1. The molecule has 2 rings (SSSR count). The van der Waals surface area contributed by atoms with E-state index in [1.54, 1.807) is 0 Å². The maximum absolute atomic E-state index is 9.69. The van der Waals surface area contributed by atoms with Crippen LogP contribution in [0.1, 0.15) is 45.4 Å². The molecule has 10 nitrogen and oxygen atoms in total. The van der Waals surface area contributed by atoms with Crippen molar-refractivity contribution in [3.8, 4) is 0 Å². The molecule has 9 atom stereocenters. The highest BCUT2D eigenvalue weighted by Gasteiger charge is 2.37. The molecule has 10 N–H and O–H groups in total. The first-order chi connectivity index (χ1) is 13.7. The Hall–Kier alpha value is -0.400. The maximum Gasteiger partial charge on any atom is 0.108 e. The van der Waals surface area contributed by atoms with E-state index in [2.05, 4.69) is 17.6 Å². The molecule has 0 saturated carbocycles. The minimum atomic E-state index is -1.20. The van der Waals surface area contributed by atoms with Crippen LogP contribution in [0.2, 0.25) is 0 Å². The third kappa shape index (κ3) is 8.70. The van der Waals surface area contributed by atoms with Gasteiger partial charge in [-0.25, -0.2) is 0 Å². The molecule has 2 heterocycles. The predicted octanol–water partition coefficient (Wildman–Crippen LogP) is -3.20. The van der Waals surface area contributed by atoms with Crippen LogP contribution < -0.4 is 10.6 Å². The van der Waals surface area contributed by atoms with Gasteiger partial charge in [0.1, 0.15) is 12.2 Å². The fourth-order valence-corrected chi connectivity index (χ4v) is 3.61. The van der Waals surface area contributed by atoms with Crippen molar-refractivity contribution in [1.82, 2.24) is 10.6 Å². The Morgan fingerprint density at radius 1 is 0.759 bits per heavy atom. The van der Waals surface area contributed by atoms with Gasteiger partial charge >= 0.3 is 0 Å². The van der Waals surface area contributed by atoms with Crippen molar-refractivity contribution in [2.45, 2.75) is 100 Å². The topological polar surface area (TPSA) is 186 Å². The van der Waals surface area contributed by atoms with Gasteiger partial charge in [0, 0.05) is 25.2 Å². The molecular weight excluding hydrogens is 384 g/mol. The number of aliphatic hydroxyl groups excluding tert-OH is 8. The maximum atomic E-state index is 9.69. The summed E-state index contributed by atoms with van der Waals surface area (Å²) in [7, 11) is 0. The van der Waals surface area contributed by atoms with Gasteiger partial charge in [-0.2, -0.15) is 0 Å². The van der Waals surface area contributed by atoms with E-state index in [4.69, 9.17) is 10.2 Å². The number of rotatable bonds is 8. The van der Waals surface area contributed by atoms with E-state index < -0.39 is 48.8 Å². The number of aliphatic hydroxyl groups is 8. The van der Waals surface area contributed by atoms with Gasteiger partial charge in [-0.15, -0.1) is 0 Å². The molecule has 2 fully saturated rings. The monoisotopic (exact) mass is 424 g/mol. The Morgan fingerprint density at radius 3 is 1.79 bits per heavy atom. The van der Waals surface area contributed by atoms with Crippen molar-refractivity contribution < 1.29 is 40.9 Å². The highest BCUT2D eigenvalue weighted by Crippen LogP contribution is 2.16. The van der Waals surface area contributed by atoms with Gasteiger partial charge in [0.15, 0.2) is 0 Å². The second kappa shape index (κ2) is 13.8. The van der Waals surface area contributed by atoms with Crippen LogP contribution >= 0.6 is 0 Å². The molecule has 2 aliphatic heterocycles. The van der Waals surface area contributed by atoms with Crippen LogP contribution in [0.5, 0.6) is 0 Å². The summed E-state index contributed by atoms with van der Waals surface area (Å²) < 4.78 is 0. The second-order valence-electron chi connectivity index (χ2n) is 8.05. The van der Waals surface area contributed by atoms with E-state index in [0.29, 0.717) is 6.54 Å². The fourth-order valence-electron chi connectivity index (χ4n) is 3.61. The van der Waals surface area contributed by atoms with Crippen LogP contribution in [0.3, 0.4) is 0 Å². The molecule has 0 amide bonds. The molecule has 0 spiro atoms. The Morgan fingerprint density at radius 2 is 1.28 bits per heavy atom. The van der Waals surface area contributed by atoms with Gasteiger partial charge in [0.05, 0.1) is 37.1 Å². The molecule has 2 aliphatic rings. The third-order valence-corrected chi connectivity index (χ3v) is 5.60. The van der Waals surface area contributed by atoms with Crippen LogP contribution in [0, 0.1) is 0 Å². The van der Waals surface area contributed by atoms with Gasteiger partial charge in [0.25, 0.3) is 0 Å². The molecular formula is C19H40N2O8. The summed E-state index contributed by atoms with van der Waals surface area (Å²) in [5, 5.41) is 80.0. The molecule has 0 aromatic rings. The molecule has 29 heavy (non-hydrogen) atoms. The van der Waals surface area contributed by atoms with Crippen LogP contribution in [-0.4, -0.2) is 115 Å². The van der Waals surface area contributed by atoms with E-state index >= 15 is 0 Å². The minimum absolute atomic E-state index is 0.0692. The summed E-state index contributed by atoms with van der Waals surface area (Å²) in [5.74, 6) is 0. The zero-order valence-corrected chi connectivity index (χ0v) is 17.1. The van der Waals surface area contributed by atoms with E-state index in [1.165, 1.54) is 19.3 Å². The first kappa shape index (κ1) is 26.6. The summed E-state index contributed by atoms with van der Waals surface area (Å²) in [5.41, 5.74) is 0. The number of unbranched alkanes of at least 4 members (excludes halogenated alkanes) is 3. The average molecular weight is 425 g/mol. The predicted molar refractivity (Wildman–Crippen MR) is 106 cm³/mol. The zero-order chi connectivity index (χ0) is 22.0. The number of nitrogens with one attached hydrogen (secondary N) is 2. The molecule has 0 bridgehead atoms. The Kier molecular flexibility index (Phi) is 12.7. The lowest BCUT2D eigenvalue weighted by Gasteiger charge is -2.36. The number of hydrogen-bond acceptors (Lipinski definition) is 10. The fraction of sp³-hybridized carbons (Fsp3) is 1.00. The van der Waals surface area contributed by atoms with Crippen LogP contribution in [-0.2, 0) is 0 Å². The van der Waals surface area contributed by atoms with E-state index in [1.807, 2.05) is 0 Å². The molecule has 0 aliphatic carbocycles. The van der Waals surface area contributed by atoms with Gasteiger partial charge in [-0.05, 0) is 12.8 Å². The Balaban J connectivity index is 0.000000291. The van der Waals surface area contributed by atoms with E-state index in [0.717, 1.165) is 12.8 Å². The van der Waals surface area contributed by atoms with Gasteiger partial charge in [-0.3, -0.25) is 0 Å². The first-order valence-electron chi connectivity index (χ1n) is 10.6. The SMILES string of the molecule is CCCCCC[C@H]1NC[C@@H](O)[C@H](O)[C@H]1O.OCC(O)C[C@H]1NC[C@H](O)[C@H](O)[C@H]1O. The van der Waals surface area contributed by atoms with Gasteiger partial charge < -0.3 is 51.5 Å². The average Bonchev–Trinajstić information content (AvgIpc) is 2.71. The van der Waals surface area contributed by atoms with Crippen LogP contribution in [0.25, 0.3) is 0 Å². The highest BCUT2D eigenvalue weighted by atomic mass is 16.4. The van der Waals surface area contributed by atoms with Crippen molar-refractivity contribution in [3.63, 3.8) is 0 Å². The van der Waals surface area contributed by atoms with Gasteiger partial charge in [0.2, 0.25) is 0 Å². The molecule has 2 saturated heterocycles. The second-order valence-corrected chi connectivity index (χ2v) is 8.05. The van der Waals surface area contributed by atoms with E-state index in [-0.39, 0.29) is 25.6 Å². The summed E-state index contributed by atoms with van der Waals surface area (Å²) in [6.45, 7) is 2.31. The smallest absolute Gasteiger partial charge is 0.108 e. The third-order valence-electron chi connectivity index (χ3n) is 5.60. The lowest BCUT2D eigenvalue weighted by Crippen LogP contribution is -2.60. The Bertz CT molecular complexity index is 433. The molecule has 0 aromatic carbocycles. The summed E-state index contributed by atoms with van der Waals surface area (Å²) in [6, 6.07) is -0.573. The molecule has 10 heteroatoms. The van der Waals surface area contributed by atoms with E-state index in [9.17, 15) is 30.6 Å². The molecule has 0 radical (unpaired) electrons. The molecule has 0 aromatic heterocycles. The summed E-state index contributed by atoms with van der Waals surface area (Å²) >= 11 is 0. The van der Waals surface area contributed by atoms with Crippen molar-refractivity contribution in [1.29, 1.82) is 0 Å². The summed E-state index contributed by atoms with van der Waals surface area (Å²) in [4.78, 5) is 0. The first-order valence-corrected chi connectivity index (χ1v) is 10.6. The highest BCUT2D eigenvalue weighted by molar-refractivity contribution is 4.93. The number of β-amino-alcohol motifs (C(OH)–C–C–N with tert-alkyl or cyclic N) is 2. The quantitative estimate of drug-likeness (QED) is 0.178. The van der Waals surface area contributed by atoms with Gasteiger partial charge in [-0.1, -0.05) is 32.6 Å². The number of piperidine rings is 2. The summed E-state index contributed by atoms with van der Waals surface area (Å²) in [6.07, 6.45) is -1.28. The molecule has 1 unspecified atom stereocenters. The standard InChI is InChI=1S/C11H23NO3.C8H17NO5/c1-2-3-4-5-6-8-10(14)11(15)9(13)7-12-8;10-3-4(11)1-5-7(13)8(14)6(12)2-9-5/h8-15H,2-7H2,1H3;4-14H,1-3H2/t8-,9-,10+,11+;4?,5-,6+,7+,8+/m11/s1. The Labute approximate surface area is 172 Å². The van der Waals surface area contributed by atoms with Crippen molar-refractivity contribution in [2.24, 2.45) is 0 Å². The largest absolute Gasteiger partial charge is 0.394 e. The van der Waals surface area contributed by atoms with Crippen LogP contribution in [0.15, 0.2) is 0 Å². The molecule has 174 valence electrons. The van der Waals surface area contributed by atoms with Crippen molar-refractivity contribution >= 4 is 0 Å². The normalized spacial score (nSPS) is 38.8.